The standard InChI is InChI=1S/C17H21ClN4/c1-13-11-16(20-15-8-6-7-14(18)12-15)21-17(19-13)22-9-4-2-3-5-10-22/h6-8,11-12H,2-5,9-10H2,1H3,(H,19,20,21). The number of nitrogens with zero attached hydrogens (tertiary/aromatic N) is 3. The van der Waals surface area contributed by atoms with Gasteiger partial charge in [0.2, 0.25) is 5.95 Å². The Balaban J connectivity index is 1.82. The van der Waals surface area contributed by atoms with E-state index in [0.717, 1.165) is 36.2 Å². The Morgan fingerprint density at radius 2 is 1.82 bits per heavy atom. The highest BCUT2D eigenvalue weighted by Gasteiger charge is 2.13. The highest BCUT2D eigenvalue weighted by Crippen LogP contribution is 2.22. The molecule has 0 bridgehead atoms. The highest BCUT2D eigenvalue weighted by atomic mass is 35.5. The van der Waals surface area contributed by atoms with E-state index in [2.05, 4.69) is 20.2 Å². The lowest BCUT2D eigenvalue weighted by atomic mass is 10.2. The summed E-state index contributed by atoms with van der Waals surface area (Å²) >= 11 is 6.03. The van der Waals surface area contributed by atoms with Gasteiger partial charge < -0.3 is 10.2 Å². The second kappa shape index (κ2) is 6.97. The first-order valence-corrected chi connectivity index (χ1v) is 8.22. The Hall–Kier alpha value is -1.81. The summed E-state index contributed by atoms with van der Waals surface area (Å²) < 4.78 is 0. The molecule has 0 radical (unpaired) electrons. The first-order chi connectivity index (χ1) is 10.7. The van der Waals surface area contributed by atoms with Crippen LogP contribution in [0.1, 0.15) is 31.4 Å². The first-order valence-electron chi connectivity index (χ1n) is 7.84. The molecule has 0 amide bonds. The van der Waals surface area contributed by atoms with Crippen molar-refractivity contribution in [2.75, 3.05) is 23.3 Å². The van der Waals surface area contributed by atoms with Gasteiger partial charge in [-0.05, 0) is 38.0 Å². The van der Waals surface area contributed by atoms with Crippen molar-refractivity contribution in [2.24, 2.45) is 0 Å². The summed E-state index contributed by atoms with van der Waals surface area (Å²) in [6, 6.07) is 9.62. The maximum atomic E-state index is 6.03. The lowest BCUT2D eigenvalue weighted by Crippen LogP contribution is -2.26. The molecule has 0 aliphatic carbocycles. The lowest BCUT2D eigenvalue weighted by molar-refractivity contribution is 0.726. The molecule has 0 atom stereocenters. The second-order valence-electron chi connectivity index (χ2n) is 5.73. The monoisotopic (exact) mass is 316 g/mol. The summed E-state index contributed by atoms with van der Waals surface area (Å²) in [5.74, 6) is 1.64. The highest BCUT2D eigenvalue weighted by molar-refractivity contribution is 6.30. The molecule has 1 aliphatic rings. The van der Waals surface area contributed by atoms with Crippen LogP contribution in [-0.4, -0.2) is 23.1 Å². The van der Waals surface area contributed by atoms with Crippen LogP contribution in [0.2, 0.25) is 5.02 Å². The van der Waals surface area contributed by atoms with Gasteiger partial charge in [-0.25, -0.2) is 4.98 Å². The molecule has 1 saturated heterocycles. The number of anilines is 3. The molecule has 1 aromatic heterocycles. The molecule has 5 heteroatoms. The van der Waals surface area contributed by atoms with E-state index in [1.165, 1.54) is 25.7 Å². The third-order valence-electron chi connectivity index (χ3n) is 3.83. The zero-order valence-corrected chi connectivity index (χ0v) is 13.6. The summed E-state index contributed by atoms with van der Waals surface area (Å²) in [7, 11) is 0. The Labute approximate surface area is 136 Å². The molecule has 1 aliphatic heterocycles. The Bertz CT molecular complexity index is 636. The molecule has 1 N–H and O–H groups in total. The van der Waals surface area contributed by atoms with E-state index in [4.69, 9.17) is 11.6 Å². The number of rotatable bonds is 3. The summed E-state index contributed by atoms with van der Waals surface area (Å²) in [6.07, 6.45) is 5.04. The number of aryl methyl sites for hydroxylation is 1. The van der Waals surface area contributed by atoms with Gasteiger partial charge in [-0.3, -0.25) is 0 Å². The fraction of sp³-hybridized carbons (Fsp3) is 0.412. The van der Waals surface area contributed by atoms with Gasteiger partial charge in [0.1, 0.15) is 5.82 Å². The predicted octanol–water partition coefficient (Wildman–Crippen LogP) is 4.56. The van der Waals surface area contributed by atoms with Crippen LogP contribution in [0, 0.1) is 6.92 Å². The van der Waals surface area contributed by atoms with Gasteiger partial charge in [-0.2, -0.15) is 4.98 Å². The maximum Gasteiger partial charge on any atom is 0.227 e. The lowest BCUT2D eigenvalue weighted by Gasteiger charge is -2.21. The van der Waals surface area contributed by atoms with Crippen molar-refractivity contribution >= 4 is 29.1 Å². The van der Waals surface area contributed by atoms with Gasteiger partial charge in [-0.1, -0.05) is 30.5 Å². The number of benzene rings is 1. The average molecular weight is 317 g/mol. The molecule has 3 rings (SSSR count). The second-order valence-corrected chi connectivity index (χ2v) is 6.17. The van der Waals surface area contributed by atoms with E-state index in [1.807, 2.05) is 37.3 Å². The molecule has 0 unspecified atom stereocenters. The van der Waals surface area contributed by atoms with Crippen molar-refractivity contribution in [3.63, 3.8) is 0 Å². The third-order valence-corrected chi connectivity index (χ3v) is 4.06. The SMILES string of the molecule is Cc1cc(Nc2cccc(Cl)c2)nc(N2CCCCCC2)n1. The van der Waals surface area contributed by atoms with Crippen LogP contribution in [0.15, 0.2) is 30.3 Å². The van der Waals surface area contributed by atoms with Crippen LogP contribution in [0.4, 0.5) is 17.5 Å². The van der Waals surface area contributed by atoms with Gasteiger partial charge in [0.15, 0.2) is 0 Å². The van der Waals surface area contributed by atoms with Crippen LogP contribution in [0.3, 0.4) is 0 Å². The minimum atomic E-state index is 0.712. The van der Waals surface area contributed by atoms with Crippen LogP contribution in [-0.2, 0) is 0 Å². The van der Waals surface area contributed by atoms with E-state index in [-0.39, 0.29) is 0 Å². The summed E-state index contributed by atoms with van der Waals surface area (Å²) in [6.45, 7) is 4.09. The molecular formula is C17H21ClN4. The molecule has 0 spiro atoms. The average Bonchev–Trinajstić information content (AvgIpc) is 2.75. The Kier molecular flexibility index (Phi) is 4.78. The van der Waals surface area contributed by atoms with Crippen molar-refractivity contribution in [1.29, 1.82) is 0 Å². The topological polar surface area (TPSA) is 41.1 Å². The van der Waals surface area contributed by atoms with Gasteiger partial charge in [0, 0.05) is 35.6 Å². The van der Waals surface area contributed by atoms with Crippen LogP contribution in [0.25, 0.3) is 0 Å². The molecule has 22 heavy (non-hydrogen) atoms. The van der Waals surface area contributed by atoms with Crippen molar-refractivity contribution < 1.29 is 0 Å². The molecule has 1 fully saturated rings. The van der Waals surface area contributed by atoms with E-state index in [1.54, 1.807) is 0 Å². The van der Waals surface area contributed by atoms with E-state index in [0.29, 0.717) is 5.02 Å². The summed E-state index contributed by atoms with van der Waals surface area (Å²) in [4.78, 5) is 11.6. The Morgan fingerprint density at radius 1 is 1.05 bits per heavy atom. The van der Waals surface area contributed by atoms with E-state index >= 15 is 0 Å². The minimum absolute atomic E-state index is 0.712. The normalized spacial score (nSPS) is 15.5. The van der Waals surface area contributed by atoms with Crippen molar-refractivity contribution in [2.45, 2.75) is 32.6 Å². The molecule has 1 aromatic carbocycles. The minimum Gasteiger partial charge on any atom is -0.341 e. The Morgan fingerprint density at radius 3 is 2.55 bits per heavy atom. The number of hydrogen-bond donors (Lipinski definition) is 1. The zero-order valence-electron chi connectivity index (χ0n) is 12.8. The summed E-state index contributed by atoms with van der Waals surface area (Å²) in [5.41, 5.74) is 1.91. The molecule has 0 saturated carbocycles. The van der Waals surface area contributed by atoms with Crippen LogP contribution < -0.4 is 10.2 Å². The van der Waals surface area contributed by atoms with Gasteiger partial charge in [0.05, 0.1) is 0 Å². The van der Waals surface area contributed by atoms with Gasteiger partial charge >= 0.3 is 0 Å². The fourth-order valence-electron chi connectivity index (χ4n) is 2.74. The van der Waals surface area contributed by atoms with Gasteiger partial charge in [0.25, 0.3) is 0 Å². The molecule has 2 aromatic rings. The number of hydrogen-bond acceptors (Lipinski definition) is 4. The fourth-order valence-corrected chi connectivity index (χ4v) is 2.93. The zero-order chi connectivity index (χ0) is 15.4. The van der Waals surface area contributed by atoms with E-state index in [9.17, 15) is 0 Å². The quantitative estimate of drug-likeness (QED) is 0.901. The van der Waals surface area contributed by atoms with Crippen molar-refractivity contribution in [3.05, 3.63) is 41.0 Å². The third kappa shape index (κ3) is 3.89. The molecule has 2 heterocycles. The predicted molar refractivity (Wildman–Crippen MR) is 92.2 cm³/mol. The van der Waals surface area contributed by atoms with Gasteiger partial charge in [-0.15, -0.1) is 0 Å². The smallest absolute Gasteiger partial charge is 0.227 e. The number of halogens is 1. The molecule has 4 nitrogen and oxygen atoms in total. The van der Waals surface area contributed by atoms with Crippen LogP contribution >= 0.6 is 11.6 Å². The first kappa shape index (κ1) is 15.1. The number of nitrogens with one attached hydrogen (secondary N) is 1. The molecular weight excluding hydrogens is 296 g/mol. The molecule has 116 valence electrons. The summed E-state index contributed by atoms with van der Waals surface area (Å²) in [5, 5.41) is 4.03. The van der Waals surface area contributed by atoms with Crippen LogP contribution in [0.5, 0.6) is 0 Å². The van der Waals surface area contributed by atoms with Crippen molar-refractivity contribution in [3.8, 4) is 0 Å². The maximum absolute atomic E-state index is 6.03. The van der Waals surface area contributed by atoms with E-state index < -0.39 is 0 Å². The largest absolute Gasteiger partial charge is 0.341 e. The van der Waals surface area contributed by atoms with Crippen molar-refractivity contribution in [1.82, 2.24) is 9.97 Å². The number of aromatic nitrogens is 2.